The van der Waals surface area contributed by atoms with Gasteiger partial charge in [0.25, 0.3) is 0 Å². The molecule has 0 spiro atoms. The van der Waals surface area contributed by atoms with Crippen LogP contribution in [0.1, 0.15) is 37.5 Å². The lowest BCUT2D eigenvalue weighted by molar-refractivity contribution is 0.120. The average molecular weight is 350 g/mol. The molecule has 4 nitrogen and oxygen atoms in total. The van der Waals surface area contributed by atoms with Crippen LogP contribution in [0.2, 0.25) is 0 Å². The highest BCUT2D eigenvalue weighted by molar-refractivity contribution is 7.09. The molecule has 134 valence electrons. The Kier molecular flexibility index (Phi) is 6.55. The van der Waals surface area contributed by atoms with E-state index in [2.05, 4.69) is 34.7 Å². The molecule has 2 aliphatic rings. The molecule has 5 heteroatoms. The molecule has 1 N–H and O–H groups in total. The van der Waals surface area contributed by atoms with Crippen molar-refractivity contribution in [2.45, 2.75) is 39.0 Å². The SMILES string of the molecule is CC1CCN(CC2CCCN(C(=O)NCCc3cccs3)C2)CC1. The molecule has 24 heavy (non-hydrogen) atoms. The fourth-order valence-corrected chi connectivity index (χ4v) is 4.58. The first kappa shape index (κ1) is 17.7. The Morgan fingerprint density at radius 3 is 2.88 bits per heavy atom. The number of hydrogen-bond donors (Lipinski definition) is 1. The predicted molar refractivity (Wildman–Crippen MR) is 101 cm³/mol. The second kappa shape index (κ2) is 8.86. The number of nitrogens with one attached hydrogen (secondary N) is 1. The third-order valence-corrected chi connectivity index (χ3v) is 6.36. The third kappa shape index (κ3) is 5.21. The topological polar surface area (TPSA) is 35.6 Å². The van der Waals surface area contributed by atoms with Gasteiger partial charge in [-0.05, 0) is 68.5 Å². The van der Waals surface area contributed by atoms with Crippen LogP contribution < -0.4 is 5.32 Å². The van der Waals surface area contributed by atoms with E-state index in [-0.39, 0.29) is 6.03 Å². The van der Waals surface area contributed by atoms with Gasteiger partial charge in [0.15, 0.2) is 0 Å². The Labute approximate surface area is 150 Å². The van der Waals surface area contributed by atoms with Gasteiger partial charge < -0.3 is 15.1 Å². The second-order valence-electron chi connectivity index (χ2n) is 7.50. The maximum atomic E-state index is 12.4. The summed E-state index contributed by atoms with van der Waals surface area (Å²) in [5, 5.41) is 5.19. The van der Waals surface area contributed by atoms with E-state index < -0.39 is 0 Å². The molecule has 2 saturated heterocycles. The fourth-order valence-electron chi connectivity index (χ4n) is 3.87. The zero-order valence-corrected chi connectivity index (χ0v) is 15.7. The van der Waals surface area contributed by atoms with Crippen molar-refractivity contribution in [2.24, 2.45) is 11.8 Å². The van der Waals surface area contributed by atoms with Crippen molar-refractivity contribution in [1.82, 2.24) is 15.1 Å². The van der Waals surface area contributed by atoms with Crippen LogP contribution in [0.5, 0.6) is 0 Å². The lowest BCUT2D eigenvalue weighted by atomic mass is 9.94. The standard InChI is InChI=1S/C19H31N3OS/c1-16-7-11-21(12-8-16)14-17-4-2-10-22(15-17)19(23)20-9-6-18-5-3-13-24-18/h3,5,13,16-17H,2,4,6-12,14-15H2,1H3,(H,20,23). The van der Waals surface area contributed by atoms with Crippen LogP contribution in [0.3, 0.4) is 0 Å². The van der Waals surface area contributed by atoms with Gasteiger partial charge in [-0.3, -0.25) is 0 Å². The van der Waals surface area contributed by atoms with Gasteiger partial charge in [-0.15, -0.1) is 11.3 Å². The second-order valence-corrected chi connectivity index (χ2v) is 8.53. The summed E-state index contributed by atoms with van der Waals surface area (Å²) in [5.41, 5.74) is 0. The van der Waals surface area contributed by atoms with Crippen molar-refractivity contribution < 1.29 is 4.79 Å². The van der Waals surface area contributed by atoms with Crippen LogP contribution in [0, 0.1) is 11.8 Å². The summed E-state index contributed by atoms with van der Waals surface area (Å²) < 4.78 is 0. The molecule has 0 aromatic carbocycles. The number of thiophene rings is 1. The van der Waals surface area contributed by atoms with Gasteiger partial charge in [0.2, 0.25) is 0 Å². The summed E-state index contributed by atoms with van der Waals surface area (Å²) in [4.78, 5) is 18.4. The van der Waals surface area contributed by atoms with E-state index in [1.165, 1.54) is 43.8 Å². The van der Waals surface area contributed by atoms with E-state index in [4.69, 9.17) is 0 Å². The van der Waals surface area contributed by atoms with Crippen LogP contribution in [0.4, 0.5) is 4.79 Å². The van der Waals surface area contributed by atoms with Crippen molar-refractivity contribution in [2.75, 3.05) is 39.3 Å². The number of carbonyl (C=O) groups is 1. The number of carbonyl (C=O) groups excluding carboxylic acids is 1. The maximum absolute atomic E-state index is 12.4. The summed E-state index contributed by atoms with van der Waals surface area (Å²) in [6, 6.07) is 4.33. The Morgan fingerprint density at radius 2 is 2.12 bits per heavy atom. The number of hydrogen-bond acceptors (Lipinski definition) is 3. The summed E-state index contributed by atoms with van der Waals surface area (Å²) in [7, 11) is 0. The summed E-state index contributed by atoms with van der Waals surface area (Å²) in [6.45, 7) is 8.60. The van der Waals surface area contributed by atoms with E-state index in [0.29, 0.717) is 5.92 Å². The van der Waals surface area contributed by atoms with Crippen molar-refractivity contribution in [3.05, 3.63) is 22.4 Å². The van der Waals surface area contributed by atoms with Gasteiger partial charge in [0.1, 0.15) is 0 Å². The highest BCUT2D eigenvalue weighted by atomic mass is 32.1. The molecule has 1 aromatic rings. The van der Waals surface area contributed by atoms with Gasteiger partial charge in [0.05, 0.1) is 0 Å². The van der Waals surface area contributed by atoms with Crippen molar-refractivity contribution >= 4 is 17.4 Å². The molecule has 2 amide bonds. The van der Waals surface area contributed by atoms with Crippen LogP contribution in [0.15, 0.2) is 17.5 Å². The molecule has 3 heterocycles. The number of amides is 2. The van der Waals surface area contributed by atoms with Crippen LogP contribution in [-0.2, 0) is 6.42 Å². The minimum Gasteiger partial charge on any atom is -0.338 e. The Morgan fingerprint density at radius 1 is 1.29 bits per heavy atom. The first-order valence-electron chi connectivity index (χ1n) is 9.48. The molecule has 0 bridgehead atoms. The molecule has 0 aliphatic carbocycles. The van der Waals surface area contributed by atoms with Crippen LogP contribution in [-0.4, -0.2) is 55.1 Å². The molecule has 1 aromatic heterocycles. The lowest BCUT2D eigenvalue weighted by Crippen LogP contribution is -2.48. The maximum Gasteiger partial charge on any atom is 0.317 e. The van der Waals surface area contributed by atoms with Gasteiger partial charge in [-0.25, -0.2) is 4.79 Å². The molecule has 2 fully saturated rings. The average Bonchev–Trinajstić information content (AvgIpc) is 3.10. The Hall–Kier alpha value is -1.07. The predicted octanol–water partition coefficient (Wildman–Crippen LogP) is 3.44. The van der Waals surface area contributed by atoms with Gasteiger partial charge in [-0.1, -0.05) is 13.0 Å². The van der Waals surface area contributed by atoms with Crippen molar-refractivity contribution in [3.8, 4) is 0 Å². The summed E-state index contributed by atoms with van der Waals surface area (Å²) in [6.07, 6.45) is 6.02. The molecule has 1 unspecified atom stereocenters. The number of likely N-dealkylation sites (tertiary alicyclic amines) is 2. The van der Waals surface area contributed by atoms with Gasteiger partial charge in [-0.2, -0.15) is 0 Å². The molecular formula is C19H31N3OS. The number of piperidine rings is 2. The Balaban J connectivity index is 1.38. The Bertz CT molecular complexity index is 497. The monoisotopic (exact) mass is 349 g/mol. The first-order valence-corrected chi connectivity index (χ1v) is 10.4. The molecule has 2 aliphatic heterocycles. The number of nitrogens with zero attached hydrogens (tertiary/aromatic N) is 2. The molecule has 1 atom stereocenters. The fraction of sp³-hybridized carbons (Fsp3) is 0.737. The van der Waals surface area contributed by atoms with Gasteiger partial charge in [0, 0.05) is 31.1 Å². The van der Waals surface area contributed by atoms with E-state index in [1.54, 1.807) is 11.3 Å². The molecule has 3 rings (SSSR count). The number of rotatable bonds is 5. The zero-order chi connectivity index (χ0) is 16.8. The zero-order valence-electron chi connectivity index (χ0n) is 14.9. The first-order chi connectivity index (χ1) is 11.7. The summed E-state index contributed by atoms with van der Waals surface area (Å²) in [5.74, 6) is 1.54. The minimum absolute atomic E-state index is 0.128. The highest BCUT2D eigenvalue weighted by Gasteiger charge is 2.26. The van der Waals surface area contributed by atoms with Gasteiger partial charge >= 0.3 is 6.03 Å². The highest BCUT2D eigenvalue weighted by Crippen LogP contribution is 2.21. The quantitative estimate of drug-likeness (QED) is 0.884. The van der Waals surface area contributed by atoms with Crippen LogP contribution in [0.25, 0.3) is 0 Å². The normalized spacial score (nSPS) is 23.4. The van der Waals surface area contributed by atoms with E-state index in [9.17, 15) is 4.79 Å². The van der Waals surface area contributed by atoms with Crippen molar-refractivity contribution in [1.29, 1.82) is 0 Å². The lowest BCUT2D eigenvalue weighted by Gasteiger charge is -2.37. The molecular weight excluding hydrogens is 318 g/mol. The smallest absolute Gasteiger partial charge is 0.317 e. The summed E-state index contributed by atoms with van der Waals surface area (Å²) >= 11 is 1.76. The van der Waals surface area contributed by atoms with Crippen LogP contribution >= 0.6 is 11.3 Å². The molecule has 0 radical (unpaired) electrons. The third-order valence-electron chi connectivity index (χ3n) is 5.43. The van der Waals surface area contributed by atoms with E-state index in [1.807, 2.05) is 4.90 Å². The number of urea groups is 1. The van der Waals surface area contributed by atoms with E-state index >= 15 is 0 Å². The molecule has 0 saturated carbocycles. The minimum atomic E-state index is 0.128. The van der Waals surface area contributed by atoms with Crippen molar-refractivity contribution in [3.63, 3.8) is 0 Å². The van der Waals surface area contributed by atoms with E-state index in [0.717, 1.165) is 38.4 Å². The largest absolute Gasteiger partial charge is 0.338 e.